The van der Waals surface area contributed by atoms with Crippen molar-refractivity contribution in [1.29, 1.82) is 0 Å². The molecule has 1 aromatic carbocycles. The van der Waals surface area contributed by atoms with Crippen LogP contribution in [0.3, 0.4) is 0 Å². The first-order valence-corrected chi connectivity index (χ1v) is 6.29. The lowest BCUT2D eigenvalue weighted by molar-refractivity contribution is -0.385. The molecule has 1 heterocycles. The average Bonchev–Trinajstić information content (AvgIpc) is 2.87. The number of aliphatic hydroxyl groups excluding tert-OH is 1. The normalized spacial score (nSPS) is 12.0. The van der Waals surface area contributed by atoms with Crippen LogP contribution in [0.2, 0.25) is 0 Å². The van der Waals surface area contributed by atoms with Crippen molar-refractivity contribution in [3.8, 4) is 0 Å². The van der Waals surface area contributed by atoms with Crippen molar-refractivity contribution in [3.63, 3.8) is 0 Å². The van der Waals surface area contributed by atoms with Crippen molar-refractivity contribution >= 4 is 11.6 Å². The van der Waals surface area contributed by atoms with Gasteiger partial charge in [0.1, 0.15) is 12.0 Å². The number of carbonyl (C=O) groups is 1. The van der Waals surface area contributed by atoms with Crippen LogP contribution in [-0.2, 0) is 7.05 Å². The number of rotatable bonds is 5. The number of nitro groups is 1. The largest absolute Gasteiger partial charge is 0.386 e. The molecule has 2 N–H and O–H groups in total. The van der Waals surface area contributed by atoms with Gasteiger partial charge < -0.3 is 10.4 Å². The Balaban J connectivity index is 2.09. The van der Waals surface area contributed by atoms with Crippen molar-refractivity contribution in [2.75, 3.05) is 6.54 Å². The maximum absolute atomic E-state index is 13.5. The molecule has 116 valence electrons. The molecule has 0 saturated carbocycles. The molecule has 0 aliphatic heterocycles. The van der Waals surface area contributed by atoms with Crippen LogP contribution in [-0.4, -0.2) is 32.3 Å². The van der Waals surface area contributed by atoms with Crippen molar-refractivity contribution in [2.45, 2.75) is 6.10 Å². The van der Waals surface area contributed by atoms with E-state index < -0.39 is 28.4 Å². The number of hydrogen-bond acceptors (Lipinski definition) is 5. The highest BCUT2D eigenvalue weighted by molar-refractivity contribution is 5.96. The second-order valence-corrected chi connectivity index (χ2v) is 4.51. The third-order valence-electron chi connectivity index (χ3n) is 3.05. The van der Waals surface area contributed by atoms with Crippen LogP contribution in [0.15, 0.2) is 30.5 Å². The number of nitrogens with zero attached hydrogens (tertiary/aromatic N) is 3. The summed E-state index contributed by atoms with van der Waals surface area (Å²) in [7, 11) is 1.38. The molecular weight excluding hydrogens is 295 g/mol. The summed E-state index contributed by atoms with van der Waals surface area (Å²) in [6.45, 7) is -0.290. The lowest BCUT2D eigenvalue weighted by atomic mass is 10.1. The predicted octanol–water partition coefficient (Wildman–Crippen LogP) is 0.931. The van der Waals surface area contributed by atoms with Gasteiger partial charge in [0.25, 0.3) is 5.91 Å². The highest BCUT2D eigenvalue weighted by Gasteiger charge is 2.26. The summed E-state index contributed by atoms with van der Waals surface area (Å²) in [5.41, 5.74) is -0.659. The SMILES string of the molecule is Cn1ncc([N+](=O)[O-])c1C(=O)NCC(O)c1ccccc1F. The molecule has 0 aliphatic rings. The molecule has 1 aromatic heterocycles. The Kier molecular flexibility index (Phi) is 4.47. The number of nitrogens with one attached hydrogen (secondary N) is 1. The van der Waals surface area contributed by atoms with Gasteiger partial charge in [-0.05, 0) is 6.07 Å². The standard InChI is InChI=1S/C13H13FN4O4/c1-17-12(10(6-16-17)18(21)22)13(20)15-7-11(19)8-4-2-3-5-9(8)14/h2-6,11,19H,7H2,1H3,(H,15,20). The zero-order chi connectivity index (χ0) is 16.3. The summed E-state index contributed by atoms with van der Waals surface area (Å²) < 4.78 is 14.6. The molecule has 22 heavy (non-hydrogen) atoms. The molecule has 0 saturated heterocycles. The van der Waals surface area contributed by atoms with Crippen LogP contribution < -0.4 is 5.32 Å². The molecule has 0 bridgehead atoms. The molecule has 1 amide bonds. The molecule has 2 rings (SSSR count). The molecule has 1 atom stereocenters. The Morgan fingerprint density at radius 2 is 2.23 bits per heavy atom. The Hall–Kier alpha value is -2.81. The van der Waals surface area contributed by atoms with Gasteiger partial charge in [-0.2, -0.15) is 5.10 Å². The number of amides is 1. The van der Waals surface area contributed by atoms with E-state index in [9.17, 15) is 24.4 Å². The number of carbonyl (C=O) groups excluding carboxylic acids is 1. The second-order valence-electron chi connectivity index (χ2n) is 4.51. The molecule has 0 fully saturated rings. The Labute approximate surface area is 124 Å². The van der Waals surface area contributed by atoms with Crippen LogP contribution in [0.4, 0.5) is 10.1 Å². The molecule has 0 aliphatic carbocycles. The van der Waals surface area contributed by atoms with E-state index >= 15 is 0 Å². The zero-order valence-electron chi connectivity index (χ0n) is 11.6. The maximum atomic E-state index is 13.5. The Morgan fingerprint density at radius 3 is 2.86 bits per heavy atom. The van der Waals surface area contributed by atoms with Crippen molar-refractivity contribution in [3.05, 3.63) is 57.7 Å². The molecular formula is C13H13FN4O4. The molecule has 1 unspecified atom stereocenters. The minimum absolute atomic E-state index is 0.0299. The minimum atomic E-state index is -1.27. The summed E-state index contributed by atoms with van der Waals surface area (Å²) in [6.07, 6.45) is -0.306. The Bertz CT molecular complexity index is 716. The first-order chi connectivity index (χ1) is 10.4. The van der Waals surface area contributed by atoms with Gasteiger partial charge in [0.05, 0.1) is 11.0 Å². The Morgan fingerprint density at radius 1 is 1.55 bits per heavy atom. The molecule has 0 radical (unpaired) electrons. The van der Waals surface area contributed by atoms with Gasteiger partial charge in [0.2, 0.25) is 5.69 Å². The van der Waals surface area contributed by atoms with Crippen LogP contribution >= 0.6 is 0 Å². The van der Waals surface area contributed by atoms with E-state index in [-0.39, 0.29) is 17.8 Å². The lowest BCUT2D eigenvalue weighted by Gasteiger charge is -2.12. The highest BCUT2D eigenvalue weighted by atomic mass is 19.1. The van der Waals surface area contributed by atoms with Gasteiger partial charge in [0, 0.05) is 19.2 Å². The highest BCUT2D eigenvalue weighted by Crippen LogP contribution is 2.18. The number of aliphatic hydroxyl groups is 1. The number of aryl methyl sites for hydroxylation is 1. The van der Waals surface area contributed by atoms with E-state index in [1.54, 1.807) is 6.07 Å². The third-order valence-corrected chi connectivity index (χ3v) is 3.05. The van der Waals surface area contributed by atoms with Gasteiger partial charge in [-0.15, -0.1) is 0 Å². The van der Waals surface area contributed by atoms with Gasteiger partial charge in [0.15, 0.2) is 0 Å². The quantitative estimate of drug-likeness (QED) is 0.630. The monoisotopic (exact) mass is 308 g/mol. The van der Waals surface area contributed by atoms with E-state index in [0.717, 1.165) is 10.9 Å². The lowest BCUT2D eigenvalue weighted by Crippen LogP contribution is -2.30. The summed E-state index contributed by atoms with van der Waals surface area (Å²) in [5.74, 6) is -1.38. The minimum Gasteiger partial charge on any atom is -0.386 e. The molecule has 8 nitrogen and oxygen atoms in total. The van der Waals surface area contributed by atoms with Gasteiger partial charge in [-0.1, -0.05) is 18.2 Å². The second kappa shape index (κ2) is 6.31. The van der Waals surface area contributed by atoms with E-state index in [1.807, 2.05) is 0 Å². The summed E-state index contributed by atoms with van der Waals surface area (Å²) in [5, 5.41) is 26.7. The topological polar surface area (TPSA) is 110 Å². The van der Waals surface area contributed by atoms with Crippen molar-refractivity contribution in [1.82, 2.24) is 15.1 Å². The summed E-state index contributed by atoms with van der Waals surface area (Å²) in [6, 6.07) is 5.60. The summed E-state index contributed by atoms with van der Waals surface area (Å²) in [4.78, 5) is 22.1. The fraction of sp³-hybridized carbons (Fsp3) is 0.231. The van der Waals surface area contributed by atoms with E-state index in [1.165, 1.54) is 25.2 Å². The number of halogens is 1. The molecule has 2 aromatic rings. The van der Waals surface area contributed by atoms with Crippen LogP contribution in [0.5, 0.6) is 0 Å². The fourth-order valence-corrected chi connectivity index (χ4v) is 1.95. The first kappa shape index (κ1) is 15.6. The van der Waals surface area contributed by atoms with Crippen LogP contribution in [0.1, 0.15) is 22.2 Å². The van der Waals surface area contributed by atoms with E-state index in [0.29, 0.717) is 0 Å². The fourth-order valence-electron chi connectivity index (χ4n) is 1.95. The van der Waals surface area contributed by atoms with E-state index in [2.05, 4.69) is 10.4 Å². The predicted molar refractivity (Wildman–Crippen MR) is 73.6 cm³/mol. The van der Waals surface area contributed by atoms with Crippen LogP contribution in [0.25, 0.3) is 0 Å². The molecule has 9 heteroatoms. The molecule has 0 spiro atoms. The average molecular weight is 308 g/mol. The van der Waals surface area contributed by atoms with Crippen molar-refractivity contribution in [2.24, 2.45) is 7.05 Å². The smallest absolute Gasteiger partial charge is 0.320 e. The number of aromatic nitrogens is 2. The van der Waals surface area contributed by atoms with Crippen LogP contribution in [0, 0.1) is 15.9 Å². The summed E-state index contributed by atoms with van der Waals surface area (Å²) >= 11 is 0. The zero-order valence-corrected chi connectivity index (χ0v) is 11.6. The number of benzene rings is 1. The number of hydrogen-bond donors (Lipinski definition) is 2. The van der Waals surface area contributed by atoms with Gasteiger partial charge in [-0.3, -0.25) is 19.6 Å². The van der Waals surface area contributed by atoms with Crippen molar-refractivity contribution < 1.29 is 19.2 Å². The van der Waals surface area contributed by atoms with E-state index in [4.69, 9.17) is 0 Å². The first-order valence-electron chi connectivity index (χ1n) is 6.29. The van der Waals surface area contributed by atoms with Gasteiger partial charge >= 0.3 is 5.69 Å². The maximum Gasteiger partial charge on any atom is 0.320 e. The van der Waals surface area contributed by atoms with Gasteiger partial charge in [-0.25, -0.2) is 4.39 Å². The third kappa shape index (κ3) is 3.09.